The molecule has 0 atom stereocenters. The third kappa shape index (κ3) is 1.55. The maximum absolute atomic E-state index is 12.1. The van der Waals surface area contributed by atoms with E-state index in [-0.39, 0.29) is 5.56 Å². The van der Waals surface area contributed by atoms with E-state index in [4.69, 9.17) is 5.84 Å². The zero-order chi connectivity index (χ0) is 12.5. The third-order valence-electron chi connectivity index (χ3n) is 2.92. The van der Waals surface area contributed by atoms with Crippen molar-refractivity contribution < 1.29 is 4.98 Å². The standard InChI is InChI=1S/C14H11N3O/c15-17-13(10-6-2-1-3-7-10)16-12-9-5-4-8-11(12)14(17)18/h1-9H,15H2/p+1. The number of H-pyrrole nitrogens is 1. The quantitative estimate of drug-likeness (QED) is 0.647. The van der Waals surface area contributed by atoms with Crippen molar-refractivity contribution in [1.82, 2.24) is 4.68 Å². The third-order valence-corrected chi connectivity index (χ3v) is 2.92. The number of aromatic amines is 1. The predicted octanol–water partition coefficient (Wildman–Crippen LogP) is 1.20. The Balaban J connectivity index is 2.38. The normalized spacial score (nSPS) is 10.7. The van der Waals surface area contributed by atoms with Gasteiger partial charge in [0.05, 0.1) is 5.56 Å². The Kier molecular flexibility index (Phi) is 2.34. The van der Waals surface area contributed by atoms with Crippen molar-refractivity contribution in [3.63, 3.8) is 0 Å². The lowest BCUT2D eigenvalue weighted by Gasteiger charge is -2.01. The van der Waals surface area contributed by atoms with Gasteiger partial charge in [-0.2, -0.15) is 0 Å². The van der Waals surface area contributed by atoms with Gasteiger partial charge in [-0.05, 0) is 24.3 Å². The molecule has 0 saturated heterocycles. The van der Waals surface area contributed by atoms with Gasteiger partial charge in [0.2, 0.25) is 0 Å². The Labute approximate surface area is 103 Å². The smallest absolute Gasteiger partial charge is 0.265 e. The highest BCUT2D eigenvalue weighted by Gasteiger charge is 2.16. The first-order chi connectivity index (χ1) is 8.77. The van der Waals surface area contributed by atoms with Crippen LogP contribution in [0.4, 0.5) is 0 Å². The number of nitrogen functional groups attached to an aromatic ring is 1. The maximum Gasteiger partial charge on any atom is 0.368 e. The number of para-hydroxylation sites is 1. The lowest BCUT2D eigenvalue weighted by Crippen LogP contribution is -2.35. The molecule has 4 heteroatoms. The highest BCUT2D eigenvalue weighted by atomic mass is 16.1. The number of benzene rings is 2. The maximum atomic E-state index is 12.1. The molecule has 0 aliphatic carbocycles. The van der Waals surface area contributed by atoms with E-state index in [0.29, 0.717) is 11.2 Å². The zero-order valence-electron chi connectivity index (χ0n) is 9.63. The van der Waals surface area contributed by atoms with E-state index in [1.54, 1.807) is 6.07 Å². The van der Waals surface area contributed by atoms with Crippen molar-refractivity contribution in [2.45, 2.75) is 0 Å². The van der Waals surface area contributed by atoms with Crippen molar-refractivity contribution in [2.24, 2.45) is 0 Å². The molecule has 0 fully saturated rings. The van der Waals surface area contributed by atoms with E-state index in [2.05, 4.69) is 4.98 Å². The monoisotopic (exact) mass is 238 g/mol. The molecule has 3 aromatic rings. The summed E-state index contributed by atoms with van der Waals surface area (Å²) in [5, 5.41) is 0.583. The van der Waals surface area contributed by atoms with Gasteiger partial charge in [-0.3, -0.25) is 5.84 Å². The van der Waals surface area contributed by atoms with Crippen LogP contribution in [0.1, 0.15) is 0 Å². The van der Waals surface area contributed by atoms with E-state index in [1.165, 1.54) is 0 Å². The number of aromatic nitrogens is 2. The average Bonchev–Trinajstić information content (AvgIpc) is 2.44. The van der Waals surface area contributed by atoms with Gasteiger partial charge in [-0.1, -0.05) is 35.0 Å². The largest absolute Gasteiger partial charge is 0.368 e. The molecule has 4 nitrogen and oxygen atoms in total. The Hall–Kier alpha value is -2.62. The van der Waals surface area contributed by atoms with Crippen LogP contribution in [-0.4, -0.2) is 4.68 Å². The van der Waals surface area contributed by atoms with Crippen molar-refractivity contribution in [3.8, 4) is 11.4 Å². The Morgan fingerprint density at radius 1 is 0.944 bits per heavy atom. The fourth-order valence-electron chi connectivity index (χ4n) is 2.00. The number of hydrogen-bond acceptors (Lipinski definition) is 2. The highest BCUT2D eigenvalue weighted by molar-refractivity contribution is 5.75. The molecule has 2 aromatic carbocycles. The summed E-state index contributed by atoms with van der Waals surface area (Å²) >= 11 is 0. The molecule has 3 rings (SSSR count). The minimum atomic E-state index is -0.205. The topological polar surface area (TPSA) is 62.2 Å². The number of nitrogens with zero attached hydrogens (tertiary/aromatic N) is 1. The molecule has 0 amide bonds. The summed E-state index contributed by atoms with van der Waals surface area (Å²) in [6.07, 6.45) is 0. The van der Waals surface area contributed by atoms with Crippen LogP contribution in [0.5, 0.6) is 0 Å². The number of nitrogens with two attached hydrogens (primary N) is 1. The molecule has 0 aliphatic rings. The minimum Gasteiger partial charge on any atom is -0.265 e. The molecule has 1 aromatic heterocycles. The molecule has 18 heavy (non-hydrogen) atoms. The summed E-state index contributed by atoms with van der Waals surface area (Å²) in [5.41, 5.74) is 1.45. The molecule has 0 radical (unpaired) electrons. The fourth-order valence-corrected chi connectivity index (χ4v) is 2.00. The van der Waals surface area contributed by atoms with Crippen LogP contribution < -0.4 is 16.4 Å². The molecule has 0 bridgehead atoms. The molecule has 1 heterocycles. The Bertz CT molecular complexity index is 763. The van der Waals surface area contributed by atoms with E-state index in [9.17, 15) is 4.79 Å². The van der Waals surface area contributed by atoms with Crippen LogP contribution >= 0.6 is 0 Å². The van der Waals surface area contributed by atoms with Crippen LogP contribution in [0.2, 0.25) is 0 Å². The van der Waals surface area contributed by atoms with Crippen molar-refractivity contribution >= 4 is 10.9 Å². The molecule has 88 valence electrons. The Morgan fingerprint density at radius 3 is 2.39 bits per heavy atom. The highest BCUT2D eigenvalue weighted by Crippen LogP contribution is 2.12. The summed E-state index contributed by atoms with van der Waals surface area (Å²) < 4.78 is 1.15. The van der Waals surface area contributed by atoms with Crippen molar-refractivity contribution in [3.05, 3.63) is 65.0 Å². The Morgan fingerprint density at radius 2 is 1.61 bits per heavy atom. The molecular formula is C14H12N3O+. The van der Waals surface area contributed by atoms with Crippen LogP contribution in [0.15, 0.2) is 59.4 Å². The predicted molar refractivity (Wildman–Crippen MR) is 70.4 cm³/mol. The molecular weight excluding hydrogens is 226 g/mol. The summed E-state index contributed by atoms with van der Waals surface area (Å²) in [4.78, 5) is 15.3. The van der Waals surface area contributed by atoms with Crippen LogP contribution in [-0.2, 0) is 0 Å². The molecule has 3 N–H and O–H groups in total. The van der Waals surface area contributed by atoms with Crippen LogP contribution in [0, 0.1) is 0 Å². The lowest BCUT2D eigenvalue weighted by atomic mass is 10.2. The summed E-state index contributed by atoms with van der Waals surface area (Å²) in [6.45, 7) is 0. The number of rotatable bonds is 1. The first-order valence-electron chi connectivity index (χ1n) is 5.65. The number of nitrogens with one attached hydrogen (secondary N) is 1. The van der Waals surface area contributed by atoms with Gasteiger partial charge in [0, 0.05) is 0 Å². The van der Waals surface area contributed by atoms with E-state index in [1.807, 2.05) is 48.5 Å². The minimum absolute atomic E-state index is 0.205. The van der Waals surface area contributed by atoms with Gasteiger partial charge in [-0.15, -0.1) is 0 Å². The fraction of sp³-hybridized carbons (Fsp3) is 0. The van der Waals surface area contributed by atoms with Crippen LogP contribution in [0.3, 0.4) is 0 Å². The second-order valence-corrected chi connectivity index (χ2v) is 4.06. The first kappa shape index (κ1) is 10.5. The van der Waals surface area contributed by atoms with Gasteiger partial charge in [0.25, 0.3) is 0 Å². The molecule has 0 unspecified atom stereocenters. The van der Waals surface area contributed by atoms with Gasteiger partial charge in [0.15, 0.2) is 0 Å². The second-order valence-electron chi connectivity index (χ2n) is 4.06. The van der Waals surface area contributed by atoms with Gasteiger partial charge in [0.1, 0.15) is 10.9 Å². The summed E-state index contributed by atoms with van der Waals surface area (Å²) in [7, 11) is 0. The first-order valence-corrected chi connectivity index (χ1v) is 5.65. The number of hydrogen-bond donors (Lipinski definition) is 1. The van der Waals surface area contributed by atoms with Gasteiger partial charge < -0.3 is 0 Å². The molecule has 0 spiro atoms. The average molecular weight is 238 g/mol. The van der Waals surface area contributed by atoms with Gasteiger partial charge in [-0.25, -0.2) is 9.78 Å². The van der Waals surface area contributed by atoms with Crippen molar-refractivity contribution in [1.29, 1.82) is 0 Å². The summed E-state index contributed by atoms with van der Waals surface area (Å²) in [6, 6.07) is 16.9. The van der Waals surface area contributed by atoms with Gasteiger partial charge >= 0.3 is 11.4 Å². The second kappa shape index (κ2) is 4.00. The zero-order valence-corrected chi connectivity index (χ0v) is 9.63. The molecule has 0 aliphatic heterocycles. The van der Waals surface area contributed by atoms with Crippen molar-refractivity contribution in [2.75, 3.05) is 5.84 Å². The van der Waals surface area contributed by atoms with Crippen LogP contribution in [0.25, 0.3) is 22.3 Å². The SMILES string of the molecule is Nn1c(-c2ccccc2)[nH+]c2ccccc2c1=O. The number of fused-ring (bicyclic) bond motifs is 1. The van der Waals surface area contributed by atoms with E-state index in [0.717, 1.165) is 15.8 Å². The lowest BCUT2D eigenvalue weighted by molar-refractivity contribution is -0.337. The summed E-state index contributed by atoms with van der Waals surface area (Å²) in [5.74, 6) is 6.45. The van der Waals surface area contributed by atoms with E-state index >= 15 is 0 Å². The molecule has 0 saturated carbocycles. The van der Waals surface area contributed by atoms with E-state index < -0.39 is 0 Å².